The molecule has 1 aromatic carbocycles. The van der Waals surface area contributed by atoms with Gasteiger partial charge in [0.15, 0.2) is 0 Å². The second kappa shape index (κ2) is 9.11. The van der Waals surface area contributed by atoms with Gasteiger partial charge in [0.25, 0.3) is 5.91 Å². The molecule has 4 rings (SSSR count). The Hall–Kier alpha value is -3.15. The monoisotopic (exact) mass is 404 g/mol. The van der Waals surface area contributed by atoms with Crippen LogP contribution in [0.25, 0.3) is 0 Å². The van der Waals surface area contributed by atoms with Crippen molar-refractivity contribution in [3.05, 3.63) is 77.4 Å². The molecule has 0 radical (unpaired) electrons. The lowest BCUT2D eigenvalue weighted by atomic mass is 10.0. The van der Waals surface area contributed by atoms with Gasteiger partial charge in [-0.2, -0.15) is 5.10 Å². The highest BCUT2D eigenvalue weighted by Crippen LogP contribution is 2.27. The first-order valence-electron chi connectivity index (χ1n) is 10.6. The third-order valence-electron chi connectivity index (χ3n) is 5.66. The fraction of sp³-hybridized carbons (Fsp3) is 0.375. The van der Waals surface area contributed by atoms with Crippen molar-refractivity contribution in [1.29, 1.82) is 0 Å². The van der Waals surface area contributed by atoms with Crippen LogP contribution >= 0.6 is 0 Å². The molecule has 6 nitrogen and oxygen atoms in total. The van der Waals surface area contributed by atoms with E-state index in [2.05, 4.69) is 47.2 Å². The molecule has 0 aliphatic carbocycles. The fourth-order valence-electron chi connectivity index (χ4n) is 3.81. The summed E-state index contributed by atoms with van der Waals surface area (Å²) in [5, 5.41) is 7.62. The third kappa shape index (κ3) is 4.70. The first kappa shape index (κ1) is 20.1. The standard InChI is InChI=1S/C24H28N4O2/c1-17(2)18-3-5-22(6-4-18)30-14-10-21-15-23(27-26-21)20-9-13-28(16-20)24(29)19-7-11-25-12-8-19/h3-8,11-12,15,17,20H,9-10,13-14,16H2,1-2H3,(H,26,27). The summed E-state index contributed by atoms with van der Waals surface area (Å²) in [6, 6.07) is 13.9. The minimum Gasteiger partial charge on any atom is -0.493 e. The van der Waals surface area contributed by atoms with Crippen LogP contribution < -0.4 is 4.74 Å². The second-order valence-corrected chi connectivity index (χ2v) is 8.11. The van der Waals surface area contributed by atoms with Gasteiger partial charge in [-0.1, -0.05) is 26.0 Å². The number of benzene rings is 1. The molecule has 0 saturated carbocycles. The average molecular weight is 405 g/mol. The van der Waals surface area contributed by atoms with Gasteiger partial charge >= 0.3 is 0 Å². The van der Waals surface area contributed by atoms with Crippen molar-refractivity contribution in [2.45, 2.75) is 38.5 Å². The molecule has 30 heavy (non-hydrogen) atoms. The Morgan fingerprint density at radius 1 is 1.20 bits per heavy atom. The molecule has 156 valence electrons. The number of nitrogens with zero attached hydrogens (tertiary/aromatic N) is 3. The predicted molar refractivity (Wildman–Crippen MR) is 116 cm³/mol. The smallest absolute Gasteiger partial charge is 0.253 e. The highest BCUT2D eigenvalue weighted by Gasteiger charge is 2.29. The van der Waals surface area contributed by atoms with Crippen LogP contribution in [0.1, 0.15) is 59.4 Å². The highest BCUT2D eigenvalue weighted by atomic mass is 16.5. The van der Waals surface area contributed by atoms with Gasteiger partial charge in [-0.25, -0.2) is 0 Å². The van der Waals surface area contributed by atoms with E-state index in [1.807, 2.05) is 17.0 Å². The normalized spacial score (nSPS) is 16.2. The minimum atomic E-state index is 0.0625. The van der Waals surface area contributed by atoms with Crippen LogP contribution in [-0.2, 0) is 6.42 Å². The summed E-state index contributed by atoms with van der Waals surface area (Å²) in [4.78, 5) is 18.5. The van der Waals surface area contributed by atoms with E-state index in [-0.39, 0.29) is 11.8 Å². The Bertz CT molecular complexity index is 966. The van der Waals surface area contributed by atoms with Gasteiger partial charge < -0.3 is 9.64 Å². The summed E-state index contributed by atoms with van der Waals surface area (Å²) in [5.41, 5.74) is 4.08. The zero-order valence-corrected chi connectivity index (χ0v) is 17.5. The first-order valence-corrected chi connectivity index (χ1v) is 10.6. The quantitative estimate of drug-likeness (QED) is 0.641. The lowest BCUT2D eigenvalue weighted by molar-refractivity contribution is 0.0790. The molecule has 1 aliphatic heterocycles. The fourth-order valence-corrected chi connectivity index (χ4v) is 3.81. The number of nitrogens with one attached hydrogen (secondary N) is 1. The van der Waals surface area contributed by atoms with Gasteiger partial charge in [-0.15, -0.1) is 0 Å². The van der Waals surface area contributed by atoms with E-state index in [9.17, 15) is 4.79 Å². The number of amides is 1. The maximum absolute atomic E-state index is 12.6. The molecule has 3 aromatic rings. The number of pyridine rings is 1. The summed E-state index contributed by atoms with van der Waals surface area (Å²) in [7, 11) is 0. The lowest BCUT2D eigenvalue weighted by Gasteiger charge is -2.15. The second-order valence-electron chi connectivity index (χ2n) is 8.11. The van der Waals surface area contributed by atoms with Crippen molar-refractivity contribution < 1.29 is 9.53 Å². The van der Waals surface area contributed by atoms with Gasteiger partial charge in [0.2, 0.25) is 0 Å². The van der Waals surface area contributed by atoms with Gasteiger partial charge in [0, 0.05) is 49.1 Å². The molecule has 0 bridgehead atoms. The van der Waals surface area contributed by atoms with E-state index in [0.29, 0.717) is 24.6 Å². The van der Waals surface area contributed by atoms with Gasteiger partial charge in [-0.3, -0.25) is 14.9 Å². The highest BCUT2D eigenvalue weighted by molar-refractivity contribution is 5.94. The molecule has 3 heterocycles. The number of hydrogen-bond donors (Lipinski definition) is 1. The van der Waals surface area contributed by atoms with Crippen molar-refractivity contribution in [2.75, 3.05) is 19.7 Å². The first-order chi connectivity index (χ1) is 14.6. The average Bonchev–Trinajstić information content (AvgIpc) is 3.44. The number of rotatable bonds is 7. The molecule has 1 unspecified atom stereocenters. The SMILES string of the molecule is CC(C)c1ccc(OCCc2cc(C3CCN(C(=O)c4ccncc4)C3)n[nH]2)cc1. The number of aromatic amines is 1. The van der Waals surface area contributed by atoms with Crippen LogP contribution in [0.4, 0.5) is 0 Å². The Morgan fingerprint density at radius 3 is 2.70 bits per heavy atom. The Morgan fingerprint density at radius 2 is 1.97 bits per heavy atom. The molecule has 1 aliphatic rings. The Kier molecular flexibility index (Phi) is 6.12. The van der Waals surface area contributed by atoms with Gasteiger partial charge in [-0.05, 0) is 48.2 Å². The van der Waals surface area contributed by atoms with Crippen LogP contribution in [0.5, 0.6) is 5.75 Å². The number of carbonyl (C=O) groups excluding carboxylic acids is 1. The van der Waals surface area contributed by atoms with Crippen molar-refractivity contribution >= 4 is 5.91 Å². The largest absolute Gasteiger partial charge is 0.493 e. The number of carbonyl (C=O) groups is 1. The molecule has 1 saturated heterocycles. The van der Waals surface area contributed by atoms with Crippen LogP contribution in [0, 0.1) is 0 Å². The maximum Gasteiger partial charge on any atom is 0.253 e. The van der Waals surface area contributed by atoms with E-state index < -0.39 is 0 Å². The molecule has 1 amide bonds. The van der Waals surface area contributed by atoms with Gasteiger partial charge in [0.05, 0.1) is 12.3 Å². The summed E-state index contributed by atoms with van der Waals surface area (Å²) < 4.78 is 5.87. The third-order valence-corrected chi connectivity index (χ3v) is 5.66. The number of ether oxygens (including phenoxy) is 1. The van der Waals surface area contributed by atoms with Crippen molar-refractivity contribution in [2.24, 2.45) is 0 Å². The Labute approximate surface area is 177 Å². The predicted octanol–water partition coefficient (Wildman–Crippen LogP) is 4.18. The number of likely N-dealkylation sites (tertiary alicyclic amines) is 1. The summed E-state index contributed by atoms with van der Waals surface area (Å²) in [6.07, 6.45) is 5.01. The van der Waals surface area contributed by atoms with E-state index in [1.165, 1.54) is 5.56 Å². The Balaban J connectivity index is 1.27. The molecular formula is C24H28N4O2. The molecule has 1 atom stereocenters. The van der Waals surface area contributed by atoms with Crippen LogP contribution in [0.15, 0.2) is 54.9 Å². The van der Waals surface area contributed by atoms with E-state index >= 15 is 0 Å². The molecule has 6 heteroatoms. The van der Waals surface area contributed by atoms with E-state index in [1.54, 1.807) is 24.5 Å². The lowest BCUT2D eigenvalue weighted by Crippen LogP contribution is -2.28. The topological polar surface area (TPSA) is 71.1 Å². The summed E-state index contributed by atoms with van der Waals surface area (Å²) in [5.74, 6) is 1.74. The number of hydrogen-bond acceptors (Lipinski definition) is 4. The van der Waals surface area contributed by atoms with E-state index in [0.717, 1.165) is 36.5 Å². The minimum absolute atomic E-state index is 0.0625. The zero-order valence-electron chi connectivity index (χ0n) is 17.5. The van der Waals surface area contributed by atoms with Crippen molar-refractivity contribution in [3.8, 4) is 5.75 Å². The molecular weight excluding hydrogens is 376 g/mol. The summed E-state index contributed by atoms with van der Waals surface area (Å²) in [6.45, 7) is 6.42. The number of aromatic nitrogens is 3. The van der Waals surface area contributed by atoms with Crippen molar-refractivity contribution in [3.63, 3.8) is 0 Å². The molecule has 2 aromatic heterocycles. The zero-order chi connectivity index (χ0) is 20.9. The number of H-pyrrole nitrogens is 1. The maximum atomic E-state index is 12.6. The van der Waals surface area contributed by atoms with Crippen LogP contribution in [-0.4, -0.2) is 45.7 Å². The molecule has 1 fully saturated rings. The van der Waals surface area contributed by atoms with Crippen LogP contribution in [0.2, 0.25) is 0 Å². The van der Waals surface area contributed by atoms with E-state index in [4.69, 9.17) is 4.74 Å². The van der Waals surface area contributed by atoms with Gasteiger partial charge in [0.1, 0.15) is 5.75 Å². The van der Waals surface area contributed by atoms with Crippen molar-refractivity contribution in [1.82, 2.24) is 20.1 Å². The molecule has 0 spiro atoms. The summed E-state index contributed by atoms with van der Waals surface area (Å²) >= 11 is 0. The molecule has 1 N–H and O–H groups in total. The van der Waals surface area contributed by atoms with Crippen LogP contribution in [0.3, 0.4) is 0 Å².